The molecule has 0 bridgehead atoms. The van der Waals surface area contributed by atoms with Crippen LogP contribution in [0, 0.1) is 5.92 Å². The Morgan fingerprint density at radius 3 is 2.81 bits per heavy atom. The van der Waals surface area contributed by atoms with Crippen molar-refractivity contribution in [3.05, 3.63) is 0 Å². The van der Waals surface area contributed by atoms with Crippen molar-refractivity contribution in [2.45, 2.75) is 37.5 Å². The van der Waals surface area contributed by atoms with Crippen LogP contribution in [0.1, 0.15) is 25.7 Å². The van der Waals surface area contributed by atoms with Crippen LogP contribution in [0.25, 0.3) is 0 Å². The first-order valence-corrected chi connectivity index (χ1v) is 6.55. The van der Waals surface area contributed by atoms with Crippen LogP contribution in [0.15, 0.2) is 0 Å². The predicted octanol–water partition coefficient (Wildman–Crippen LogP) is 0.563. The molecule has 3 aliphatic heterocycles. The first-order valence-electron chi connectivity index (χ1n) is 6.55. The first kappa shape index (κ1) is 11.0. The zero-order chi connectivity index (χ0) is 11.0. The summed E-state index contributed by atoms with van der Waals surface area (Å²) in [4.78, 5) is 2.59. The van der Waals surface area contributed by atoms with Gasteiger partial charge in [-0.1, -0.05) is 0 Å². The van der Waals surface area contributed by atoms with Gasteiger partial charge in [0.2, 0.25) is 0 Å². The van der Waals surface area contributed by atoms with Crippen LogP contribution in [-0.4, -0.2) is 49.6 Å². The fourth-order valence-corrected chi connectivity index (χ4v) is 3.56. The van der Waals surface area contributed by atoms with Gasteiger partial charge in [-0.3, -0.25) is 4.90 Å². The van der Waals surface area contributed by atoms with E-state index in [2.05, 4.69) is 4.90 Å². The van der Waals surface area contributed by atoms with Crippen LogP contribution < -0.4 is 5.73 Å². The molecule has 16 heavy (non-hydrogen) atoms. The monoisotopic (exact) mass is 226 g/mol. The minimum Gasteiger partial charge on any atom is -0.347 e. The average molecular weight is 226 g/mol. The minimum absolute atomic E-state index is 0.258. The van der Waals surface area contributed by atoms with E-state index in [-0.39, 0.29) is 5.79 Å². The van der Waals surface area contributed by atoms with Gasteiger partial charge in [0.25, 0.3) is 0 Å². The predicted molar refractivity (Wildman–Crippen MR) is 61.0 cm³/mol. The summed E-state index contributed by atoms with van der Waals surface area (Å²) >= 11 is 0. The summed E-state index contributed by atoms with van der Waals surface area (Å²) in [6.45, 7) is 4.68. The third-order valence-corrected chi connectivity index (χ3v) is 4.45. The molecule has 4 nitrogen and oxygen atoms in total. The summed E-state index contributed by atoms with van der Waals surface area (Å²) in [6.07, 6.45) is 4.62. The molecule has 3 aliphatic rings. The molecule has 0 aliphatic carbocycles. The molecule has 3 fully saturated rings. The van der Waals surface area contributed by atoms with E-state index in [9.17, 15) is 0 Å². The van der Waals surface area contributed by atoms with Gasteiger partial charge < -0.3 is 15.2 Å². The van der Waals surface area contributed by atoms with Crippen LogP contribution in [0.3, 0.4) is 0 Å². The fraction of sp³-hybridized carbons (Fsp3) is 1.00. The molecule has 92 valence electrons. The lowest BCUT2D eigenvalue weighted by molar-refractivity contribution is -0.204. The van der Waals surface area contributed by atoms with Crippen molar-refractivity contribution in [2.24, 2.45) is 11.7 Å². The van der Waals surface area contributed by atoms with Gasteiger partial charge in [-0.15, -0.1) is 0 Å². The van der Waals surface area contributed by atoms with Gasteiger partial charge in [-0.25, -0.2) is 0 Å². The molecular weight excluding hydrogens is 204 g/mol. The van der Waals surface area contributed by atoms with Crippen molar-refractivity contribution in [3.8, 4) is 0 Å². The summed E-state index contributed by atoms with van der Waals surface area (Å²) in [7, 11) is 0. The second-order valence-electron chi connectivity index (χ2n) is 5.30. The van der Waals surface area contributed by atoms with Gasteiger partial charge in [0.05, 0.1) is 13.2 Å². The highest BCUT2D eigenvalue weighted by Gasteiger charge is 2.46. The Morgan fingerprint density at radius 1 is 1.25 bits per heavy atom. The quantitative estimate of drug-likeness (QED) is 0.710. The number of rotatable bonds is 1. The Hall–Kier alpha value is -0.160. The van der Waals surface area contributed by atoms with Gasteiger partial charge in [0.15, 0.2) is 5.79 Å². The van der Waals surface area contributed by atoms with Crippen molar-refractivity contribution < 1.29 is 9.47 Å². The Labute approximate surface area is 97.1 Å². The van der Waals surface area contributed by atoms with E-state index < -0.39 is 0 Å². The minimum atomic E-state index is -0.258. The molecule has 2 atom stereocenters. The second-order valence-corrected chi connectivity index (χ2v) is 5.30. The highest BCUT2D eigenvalue weighted by atomic mass is 16.7. The lowest BCUT2D eigenvalue weighted by atomic mass is 9.81. The lowest BCUT2D eigenvalue weighted by Crippen LogP contribution is -2.57. The zero-order valence-electron chi connectivity index (χ0n) is 9.86. The van der Waals surface area contributed by atoms with Gasteiger partial charge in [-0.2, -0.15) is 0 Å². The van der Waals surface area contributed by atoms with E-state index in [0.717, 1.165) is 39.1 Å². The van der Waals surface area contributed by atoms with Crippen LogP contribution in [0.2, 0.25) is 0 Å². The van der Waals surface area contributed by atoms with Crippen molar-refractivity contribution in [2.75, 3.05) is 32.8 Å². The van der Waals surface area contributed by atoms with Crippen LogP contribution >= 0.6 is 0 Å². The van der Waals surface area contributed by atoms with Crippen molar-refractivity contribution in [3.63, 3.8) is 0 Å². The highest BCUT2D eigenvalue weighted by Crippen LogP contribution is 2.39. The number of hydrogen-bond acceptors (Lipinski definition) is 4. The Bertz CT molecular complexity index is 247. The number of nitrogens with two attached hydrogens (primary N) is 1. The average Bonchev–Trinajstić information content (AvgIpc) is 2.77. The summed E-state index contributed by atoms with van der Waals surface area (Å²) in [5.74, 6) is 0.380. The van der Waals surface area contributed by atoms with E-state index in [4.69, 9.17) is 15.2 Å². The van der Waals surface area contributed by atoms with E-state index in [0.29, 0.717) is 12.0 Å². The molecule has 0 aromatic heterocycles. The molecule has 1 spiro atoms. The third kappa shape index (κ3) is 1.78. The summed E-state index contributed by atoms with van der Waals surface area (Å²) in [5, 5.41) is 0. The lowest BCUT2D eigenvalue weighted by Gasteiger charge is -2.49. The first-order chi connectivity index (χ1) is 7.83. The van der Waals surface area contributed by atoms with E-state index in [1.807, 2.05) is 0 Å². The zero-order valence-corrected chi connectivity index (χ0v) is 9.86. The van der Waals surface area contributed by atoms with E-state index in [1.165, 1.54) is 19.4 Å². The standard InChI is InChI=1S/C12H22N2O2/c13-9-10-2-1-4-14-5-3-12(8-11(10)14)15-6-7-16-12/h10-11H,1-9,13H2/t10-,11-/m1/s1. The fourth-order valence-electron chi connectivity index (χ4n) is 3.56. The number of fused-ring (bicyclic) bond motifs is 1. The smallest absolute Gasteiger partial charge is 0.171 e. The molecular formula is C12H22N2O2. The largest absolute Gasteiger partial charge is 0.347 e. The second kappa shape index (κ2) is 4.26. The maximum absolute atomic E-state index is 5.89. The molecule has 0 radical (unpaired) electrons. The van der Waals surface area contributed by atoms with Gasteiger partial charge >= 0.3 is 0 Å². The van der Waals surface area contributed by atoms with E-state index >= 15 is 0 Å². The topological polar surface area (TPSA) is 47.7 Å². The molecule has 0 amide bonds. The number of piperidine rings is 2. The maximum Gasteiger partial charge on any atom is 0.171 e. The van der Waals surface area contributed by atoms with Gasteiger partial charge in [0.1, 0.15) is 0 Å². The highest BCUT2D eigenvalue weighted by molar-refractivity contribution is 4.95. The van der Waals surface area contributed by atoms with Crippen molar-refractivity contribution in [1.82, 2.24) is 4.90 Å². The number of nitrogens with zero attached hydrogens (tertiary/aromatic N) is 1. The Morgan fingerprint density at radius 2 is 2.06 bits per heavy atom. The molecule has 0 unspecified atom stereocenters. The van der Waals surface area contributed by atoms with Gasteiger partial charge in [-0.05, 0) is 31.8 Å². The number of ether oxygens (including phenoxy) is 2. The SMILES string of the molecule is NC[C@H]1CCCN2CCC3(C[C@H]12)OCCO3. The van der Waals surface area contributed by atoms with Gasteiger partial charge in [0, 0.05) is 25.4 Å². The molecule has 3 rings (SSSR count). The Kier molecular flexibility index (Phi) is 2.92. The summed E-state index contributed by atoms with van der Waals surface area (Å²) in [6, 6.07) is 0.589. The number of hydrogen-bond donors (Lipinski definition) is 1. The molecule has 3 saturated heterocycles. The maximum atomic E-state index is 5.89. The summed E-state index contributed by atoms with van der Waals surface area (Å²) < 4.78 is 11.7. The molecule has 4 heteroatoms. The van der Waals surface area contributed by atoms with Crippen molar-refractivity contribution >= 4 is 0 Å². The summed E-state index contributed by atoms with van der Waals surface area (Å²) in [5.41, 5.74) is 5.89. The van der Waals surface area contributed by atoms with Crippen LogP contribution in [0.4, 0.5) is 0 Å². The molecule has 2 N–H and O–H groups in total. The van der Waals surface area contributed by atoms with Crippen LogP contribution in [0.5, 0.6) is 0 Å². The molecule has 0 saturated carbocycles. The molecule has 0 aromatic carbocycles. The van der Waals surface area contributed by atoms with E-state index in [1.54, 1.807) is 0 Å². The molecule has 3 heterocycles. The van der Waals surface area contributed by atoms with Crippen molar-refractivity contribution in [1.29, 1.82) is 0 Å². The third-order valence-electron chi connectivity index (χ3n) is 4.45. The van der Waals surface area contributed by atoms with Crippen LogP contribution in [-0.2, 0) is 9.47 Å². The molecule has 0 aromatic rings. The normalized spacial score (nSPS) is 38.8. The Balaban J connectivity index is 1.74.